The first kappa shape index (κ1) is 20.5. The van der Waals surface area contributed by atoms with Gasteiger partial charge < -0.3 is 4.74 Å². The average molecular weight is 419 g/mol. The van der Waals surface area contributed by atoms with Crippen LogP contribution in [0.25, 0.3) is 0 Å². The number of methoxy groups -OCH3 is 1. The summed E-state index contributed by atoms with van der Waals surface area (Å²) in [6.07, 6.45) is 0. The molecular weight excluding hydrogens is 400 g/mol. The van der Waals surface area contributed by atoms with E-state index >= 15 is 0 Å². The Labute approximate surface area is 158 Å². The largest absolute Gasteiger partial charge is 0.495 e. The van der Waals surface area contributed by atoms with Crippen LogP contribution in [0, 0.1) is 6.92 Å². The molecule has 0 fully saturated rings. The van der Waals surface area contributed by atoms with Gasteiger partial charge >= 0.3 is 0 Å². The predicted octanol–water partition coefficient (Wildman–Crippen LogP) is 2.71. The van der Waals surface area contributed by atoms with Crippen molar-refractivity contribution in [1.82, 2.24) is 4.31 Å². The first-order chi connectivity index (χ1) is 12.0. The first-order valence-electron chi connectivity index (χ1n) is 7.38. The fourth-order valence-corrected chi connectivity index (χ4v) is 4.50. The Morgan fingerprint density at radius 3 is 2.15 bits per heavy atom. The van der Waals surface area contributed by atoms with Crippen LogP contribution in [0.3, 0.4) is 0 Å². The number of benzene rings is 2. The standard InChI is InChI=1S/C16H19ClN2O5S2/c1-11-5-6-13(26(22,23)19(2)3)10-15(11)18-25(20,21)12-7-8-16(24-4)14(17)9-12/h5-10,18H,1-4H3. The molecule has 0 aliphatic heterocycles. The van der Waals surface area contributed by atoms with Gasteiger partial charge in [0, 0.05) is 14.1 Å². The molecule has 0 bridgehead atoms. The van der Waals surface area contributed by atoms with Crippen LogP contribution < -0.4 is 9.46 Å². The molecule has 0 aliphatic carbocycles. The summed E-state index contributed by atoms with van der Waals surface area (Å²) in [7, 11) is -3.43. The quantitative estimate of drug-likeness (QED) is 0.778. The van der Waals surface area contributed by atoms with E-state index in [0.717, 1.165) is 4.31 Å². The molecule has 0 heterocycles. The molecule has 0 saturated carbocycles. The summed E-state index contributed by atoms with van der Waals surface area (Å²) in [5.41, 5.74) is 0.741. The predicted molar refractivity (Wildman–Crippen MR) is 101 cm³/mol. The summed E-state index contributed by atoms with van der Waals surface area (Å²) in [5, 5.41) is 0.149. The van der Waals surface area contributed by atoms with Crippen LogP contribution in [-0.2, 0) is 20.0 Å². The molecular formula is C16H19ClN2O5S2. The van der Waals surface area contributed by atoms with E-state index in [4.69, 9.17) is 16.3 Å². The highest BCUT2D eigenvalue weighted by Gasteiger charge is 2.21. The zero-order valence-electron chi connectivity index (χ0n) is 14.6. The van der Waals surface area contributed by atoms with Crippen LogP contribution in [0.4, 0.5) is 5.69 Å². The highest BCUT2D eigenvalue weighted by Crippen LogP contribution is 2.29. The first-order valence-corrected chi connectivity index (χ1v) is 10.7. The van der Waals surface area contributed by atoms with Crippen molar-refractivity contribution in [2.75, 3.05) is 25.9 Å². The van der Waals surface area contributed by atoms with Gasteiger partial charge in [0.2, 0.25) is 10.0 Å². The molecule has 0 aliphatic rings. The van der Waals surface area contributed by atoms with Gasteiger partial charge in [-0.1, -0.05) is 17.7 Å². The zero-order valence-corrected chi connectivity index (χ0v) is 17.0. The summed E-state index contributed by atoms with van der Waals surface area (Å²) in [6.45, 7) is 1.67. The number of halogens is 1. The number of rotatable bonds is 6. The smallest absolute Gasteiger partial charge is 0.261 e. The van der Waals surface area contributed by atoms with E-state index in [1.807, 2.05) is 0 Å². The molecule has 0 spiro atoms. The van der Waals surface area contributed by atoms with Crippen molar-refractivity contribution in [3.05, 3.63) is 47.0 Å². The molecule has 0 radical (unpaired) electrons. The van der Waals surface area contributed by atoms with Gasteiger partial charge in [0.15, 0.2) is 0 Å². The molecule has 2 rings (SSSR count). The Kier molecular flexibility index (Phi) is 5.86. The number of hydrogen-bond acceptors (Lipinski definition) is 5. The molecule has 10 heteroatoms. The van der Waals surface area contributed by atoms with E-state index in [1.165, 1.54) is 57.6 Å². The van der Waals surface area contributed by atoms with Gasteiger partial charge in [-0.05, 0) is 42.8 Å². The van der Waals surface area contributed by atoms with Crippen molar-refractivity contribution in [3.63, 3.8) is 0 Å². The van der Waals surface area contributed by atoms with Crippen LogP contribution in [0.2, 0.25) is 5.02 Å². The second-order valence-corrected chi connectivity index (χ2v) is 9.91. The van der Waals surface area contributed by atoms with Crippen molar-refractivity contribution in [3.8, 4) is 5.75 Å². The molecule has 0 atom stereocenters. The molecule has 142 valence electrons. The summed E-state index contributed by atoms with van der Waals surface area (Å²) in [5.74, 6) is 0.348. The van der Waals surface area contributed by atoms with E-state index < -0.39 is 20.0 Å². The van der Waals surface area contributed by atoms with Crippen molar-refractivity contribution < 1.29 is 21.6 Å². The highest BCUT2D eigenvalue weighted by molar-refractivity contribution is 7.92. The van der Waals surface area contributed by atoms with E-state index in [-0.39, 0.29) is 20.5 Å². The minimum absolute atomic E-state index is 0.0152. The summed E-state index contributed by atoms with van der Waals surface area (Å²) in [6, 6.07) is 8.30. The van der Waals surface area contributed by atoms with Crippen molar-refractivity contribution in [2.24, 2.45) is 0 Å². The fraction of sp³-hybridized carbons (Fsp3) is 0.250. The highest BCUT2D eigenvalue weighted by atomic mass is 35.5. The molecule has 0 amide bonds. The van der Waals surface area contributed by atoms with Gasteiger partial charge in [-0.25, -0.2) is 21.1 Å². The second kappa shape index (κ2) is 7.43. The van der Waals surface area contributed by atoms with Crippen molar-refractivity contribution >= 4 is 37.3 Å². The van der Waals surface area contributed by atoms with E-state index in [2.05, 4.69) is 4.72 Å². The number of anilines is 1. The van der Waals surface area contributed by atoms with E-state index in [1.54, 1.807) is 6.92 Å². The van der Waals surface area contributed by atoms with E-state index in [9.17, 15) is 16.8 Å². The number of hydrogen-bond donors (Lipinski definition) is 1. The minimum Gasteiger partial charge on any atom is -0.495 e. The Bertz CT molecular complexity index is 1030. The lowest BCUT2D eigenvalue weighted by atomic mass is 10.2. The van der Waals surface area contributed by atoms with Gasteiger partial charge in [-0.2, -0.15) is 0 Å². The minimum atomic E-state index is -3.96. The van der Waals surface area contributed by atoms with Crippen LogP contribution in [0.1, 0.15) is 5.56 Å². The third kappa shape index (κ3) is 4.12. The molecule has 7 nitrogen and oxygen atoms in total. The van der Waals surface area contributed by atoms with Crippen molar-refractivity contribution in [2.45, 2.75) is 16.7 Å². The maximum Gasteiger partial charge on any atom is 0.261 e. The SMILES string of the molecule is COc1ccc(S(=O)(=O)Nc2cc(S(=O)(=O)N(C)C)ccc2C)cc1Cl. The normalized spacial score (nSPS) is 12.2. The lowest BCUT2D eigenvalue weighted by Gasteiger charge is -2.15. The molecule has 26 heavy (non-hydrogen) atoms. The molecule has 0 unspecified atom stereocenters. The lowest BCUT2D eigenvalue weighted by molar-refractivity contribution is 0.414. The Balaban J connectivity index is 2.45. The molecule has 0 aromatic heterocycles. The summed E-state index contributed by atoms with van der Waals surface area (Å²) < 4.78 is 58.3. The number of sulfonamides is 2. The topological polar surface area (TPSA) is 92.8 Å². The fourth-order valence-electron chi connectivity index (χ4n) is 2.10. The summed E-state index contributed by atoms with van der Waals surface area (Å²) in [4.78, 5) is -0.0814. The molecule has 0 saturated heterocycles. The van der Waals surface area contributed by atoms with Gasteiger partial charge in [0.25, 0.3) is 10.0 Å². The Morgan fingerprint density at radius 2 is 1.62 bits per heavy atom. The number of ether oxygens (including phenoxy) is 1. The second-order valence-electron chi connectivity index (χ2n) is 5.67. The van der Waals surface area contributed by atoms with E-state index in [0.29, 0.717) is 11.3 Å². The number of nitrogens with one attached hydrogen (secondary N) is 1. The monoisotopic (exact) mass is 418 g/mol. The van der Waals surface area contributed by atoms with Gasteiger partial charge in [0.1, 0.15) is 5.75 Å². The number of nitrogens with zero attached hydrogens (tertiary/aromatic N) is 1. The van der Waals surface area contributed by atoms with Gasteiger partial charge in [-0.3, -0.25) is 4.72 Å². The number of aryl methyl sites for hydroxylation is 1. The van der Waals surface area contributed by atoms with Crippen LogP contribution in [-0.4, -0.2) is 42.3 Å². The Hall–Kier alpha value is -1.81. The third-order valence-corrected chi connectivity index (χ3v) is 7.14. The van der Waals surface area contributed by atoms with Crippen LogP contribution in [0.5, 0.6) is 5.75 Å². The summed E-state index contributed by atoms with van der Waals surface area (Å²) >= 11 is 5.99. The Morgan fingerprint density at radius 1 is 1.00 bits per heavy atom. The third-order valence-electron chi connectivity index (χ3n) is 3.67. The molecule has 2 aromatic rings. The van der Waals surface area contributed by atoms with Gasteiger partial charge in [-0.15, -0.1) is 0 Å². The molecule has 1 N–H and O–H groups in total. The maximum atomic E-state index is 12.6. The van der Waals surface area contributed by atoms with Crippen LogP contribution in [0.15, 0.2) is 46.2 Å². The maximum absolute atomic E-state index is 12.6. The molecule has 2 aromatic carbocycles. The van der Waals surface area contributed by atoms with Crippen LogP contribution >= 0.6 is 11.6 Å². The average Bonchev–Trinajstić information content (AvgIpc) is 2.56. The van der Waals surface area contributed by atoms with Crippen molar-refractivity contribution in [1.29, 1.82) is 0 Å². The zero-order chi connectivity index (χ0) is 19.7. The van der Waals surface area contributed by atoms with Gasteiger partial charge in [0.05, 0.1) is 27.6 Å². The lowest BCUT2D eigenvalue weighted by Crippen LogP contribution is -2.22.